The molecule has 0 heterocycles. The van der Waals surface area contributed by atoms with E-state index in [-0.39, 0.29) is 19.1 Å². The van der Waals surface area contributed by atoms with Crippen molar-refractivity contribution in [1.82, 2.24) is 5.32 Å². The number of carbonyl (C=O) groups is 1. The number of aliphatic hydroxyl groups excluding tert-OH is 2. The van der Waals surface area contributed by atoms with Gasteiger partial charge in [0.2, 0.25) is 5.91 Å². The first-order valence-corrected chi connectivity index (χ1v) is 4.67. The maximum atomic E-state index is 11.2. The number of hydrogen-bond donors (Lipinski definition) is 3. The number of rotatable bonds is 6. The van der Waals surface area contributed by atoms with Gasteiger partial charge in [0.15, 0.2) is 0 Å². The van der Waals surface area contributed by atoms with Gasteiger partial charge in [0.1, 0.15) is 0 Å². The summed E-state index contributed by atoms with van der Waals surface area (Å²) in [5.41, 5.74) is -0.841. The van der Waals surface area contributed by atoms with E-state index < -0.39 is 5.54 Å². The fourth-order valence-corrected chi connectivity index (χ4v) is 1.03. The minimum atomic E-state index is -0.841. The Balaban J connectivity index is 4.16. The summed E-state index contributed by atoms with van der Waals surface area (Å²) >= 11 is 0. The number of carbonyl (C=O) groups excluding carboxylic acids is 1. The van der Waals surface area contributed by atoms with Crippen LogP contribution in [0.5, 0.6) is 0 Å². The smallest absolute Gasteiger partial charge is 0.220 e. The molecule has 0 aliphatic rings. The van der Waals surface area contributed by atoms with Crippen LogP contribution >= 0.6 is 0 Å². The van der Waals surface area contributed by atoms with Crippen LogP contribution in [0.4, 0.5) is 0 Å². The molecule has 78 valence electrons. The zero-order valence-electron chi connectivity index (χ0n) is 8.34. The normalized spacial score (nSPS) is 11.4. The molecule has 0 rings (SSSR count). The van der Waals surface area contributed by atoms with E-state index in [9.17, 15) is 4.79 Å². The van der Waals surface area contributed by atoms with Crippen molar-refractivity contribution in [2.75, 3.05) is 13.2 Å². The Morgan fingerprint density at radius 2 is 1.85 bits per heavy atom. The van der Waals surface area contributed by atoms with Crippen molar-refractivity contribution in [2.24, 2.45) is 0 Å². The van der Waals surface area contributed by atoms with Crippen molar-refractivity contribution in [3.63, 3.8) is 0 Å². The van der Waals surface area contributed by atoms with E-state index in [1.807, 2.05) is 13.8 Å². The monoisotopic (exact) mass is 189 g/mol. The molecule has 0 fully saturated rings. The van der Waals surface area contributed by atoms with Crippen molar-refractivity contribution in [3.05, 3.63) is 0 Å². The van der Waals surface area contributed by atoms with Crippen LogP contribution in [0, 0.1) is 0 Å². The molecule has 0 atom stereocenters. The van der Waals surface area contributed by atoms with E-state index >= 15 is 0 Å². The minimum Gasteiger partial charge on any atom is -0.394 e. The molecule has 4 nitrogen and oxygen atoms in total. The van der Waals surface area contributed by atoms with Crippen LogP contribution in [0.3, 0.4) is 0 Å². The predicted molar refractivity (Wildman–Crippen MR) is 50.2 cm³/mol. The van der Waals surface area contributed by atoms with Crippen LogP contribution in [0.1, 0.15) is 33.1 Å². The second-order valence-electron chi connectivity index (χ2n) is 3.25. The van der Waals surface area contributed by atoms with Gasteiger partial charge in [0, 0.05) is 6.42 Å². The largest absolute Gasteiger partial charge is 0.394 e. The van der Waals surface area contributed by atoms with Crippen molar-refractivity contribution in [3.8, 4) is 0 Å². The fourth-order valence-electron chi connectivity index (χ4n) is 1.03. The van der Waals surface area contributed by atoms with Gasteiger partial charge in [-0.05, 0) is 12.8 Å². The molecular weight excluding hydrogens is 170 g/mol. The second kappa shape index (κ2) is 5.94. The lowest BCUT2D eigenvalue weighted by Crippen LogP contribution is -2.53. The van der Waals surface area contributed by atoms with Crippen LogP contribution in [0.2, 0.25) is 0 Å². The van der Waals surface area contributed by atoms with Crippen molar-refractivity contribution < 1.29 is 15.0 Å². The molecule has 0 spiro atoms. The van der Waals surface area contributed by atoms with Gasteiger partial charge >= 0.3 is 0 Å². The van der Waals surface area contributed by atoms with E-state index in [1.165, 1.54) is 0 Å². The average Bonchev–Trinajstić information content (AvgIpc) is 2.15. The molecule has 0 aliphatic carbocycles. The topological polar surface area (TPSA) is 69.6 Å². The lowest BCUT2D eigenvalue weighted by Gasteiger charge is -2.29. The lowest BCUT2D eigenvalue weighted by molar-refractivity contribution is -0.124. The Labute approximate surface area is 79.0 Å². The third kappa shape index (κ3) is 3.74. The highest BCUT2D eigenvalue weighted by Crippen LogP contribution is 2.08. The maximum Gasteiger partial charge on any atom is 0.220 e. The highest BCUT2D eigenvalue weighted by Gasteiger charge is 2.27. The Morgan fingerprint density at radius 1 is 1.31 bits per heavy atom. The summed E-state index contributed by atoms with van der Waals surface area (Å²) in [5, 5.41) is 20.7. The predicted octanol–water partition coefficient (Wildman–Crippen LogP) is 0.0361. The summed E-state index contributed by atoms with van der Waals surface area (Å²) in [6.07, 6.45) is 1.72. The van der Waals surface area contributed by atoms with Gasteiger partial charge in [-0.25, -0.2) is 0 Å². The van der Waals surface area contributed by atoms with Gasteiger partial charge in [-0.15, -0.1) is 0 Å². The van der Waals surface area contributed by atoms with E-state index in [4.69, 9.17) is 10.2 Å². The molecule has 4 heteroatoms. The summed E-state index contributed by atoms with van der Waals surface area (Å²) in [7, 11) is 0. The number of hydrogen-bond acceptors (Lipinski definition) is 3. The van der Waals surface area contributed by atoms with Gasteiger partial charge in [0.05, 0.1) is 18.8 Å². The van der Waals surface area contributed by atoms with Crippen molar-refractivity contribution in [1.29, 1.82) is 0 Å². The number of aliphatic hydroxyl groups is 2. The molecule has 13 heavy (non-hydrogen) atoms. The van der Waals surface area contributed by atoms with E-state index in [1.54, 1.807) is 0 Å². The minimum absolute atomic E-state index is 0.118. The molecule has 3 N–H and O–H groups in total. The SMILES string of the molecule is CCCC(=O)NC(CC)(CO)CO. The maximum absolute atomic E-state index is 11.2. The molecular formula is C9H19NO3. The Morgan fingerprint density at radius 3 is 2.15 bits per heavy atom. The van der Waals surface area contributed by atoms with Crippen molar-refractivity contribution in [2.45, 2.75) is 38.6 Å². The molecule has 0 aromatic carbocycles. The zero-order valence-corrected chi connectivity index (χ0v) is 8.34. The first-order valence-electron chi connectivity index (χ1n) is 4.67. The van der Waals surface area contributed by atoms with E-state index in [0.717, 1.165) is 6.42 Å². The molecule has 0 aliphatic heterocycles. The summed E-state index contributed by atoms with van der Waals surface area (Å²) in [6, 6.07) is 0. The average molecular weight is 189 g/mol. The molecule has 0 bridgehead atoms. The third-order valence-corrected chi connectivity index (χ3v) is 2.16. The standard InChI is InChI=1S/C9H19NO3/c1-3-5-8(13)10-9(4-2,6-11)7-12/h11-12H,3-7H2,1-2H3,(H,10,13). The molecule has 1 amide bonds. The Hall–Kier alpha value is -0.610. The first-order chi connectivity index (χ1) is 6.14. The molecule has 0 radical (unpaired) electrons. The van der Waals surface area contributed by atoms with Crippen LogP contribution in [-0.2, 0) is 4.79 Å². The highest BCUT2D eigenvalue weighted by molar-refractivity contribution is 5.76. The van der Waals surface area contributed by atoms with Gasteiger partial charge < -0.3 is 15.5 Å². The quantitative estimate of drug-likeness (QED) is 0.552. The Kier molecular flexibility index (Phi) is 5.66. The summed E-state index contributed by atoms with van der Waals surface area (Å²) in [6.45, 7) is 3.27. The van der Waals surface area contributed by atoms with Crippen molar-refractivity contribution >= 4 is 5.91 Å². The molecule has 0 aromatic heterocycles. The lowest BCUT2D eigenvalue weighted by atomic mass is 9.98. The molecule has 0 saturated heterocycles. The molecule has 0 unspecified atom stereocenters. The van der Waals surface area contributed by atoms with E-state index in [0.29, 0.717) is 12.8 Å². The fraction of sp³-hybridized carbons (Fsp3) is 0.889. The van der Waals surface area contributed by atoms with Crippen LogP contribution in [0.25, 0.3) is 0 Å². The third-order valence-electron chi connectivity index (χ3n) is 2.16. The summed E-state index contributed by atoms with van der Waals surface area (Å²) in [5.74, 6) is -0.118. The van der Waals surface area contributed by atoms with Gasteiger partial charge in [0.25, 0.3) is 0 Å². The Bertz CT molecular complexity index is 147. The number of nitrogens with one attached hydrogen (secondary N) is 1. The number of amides is 1. The van der Waals surface area contributed by atoms with Crippen LogP contribution in [0.15, 0.2) is 0 Å². The van der Waals surface area contributed by atoms with Gasteiger partial charge in [-0.2, -0.15) is 0 Å². The summed E-state index contributed by atoms with van der Waals surface area (Å²) < 4.78 is 0. The first kappa shape index (κ1) is 12.4. The molecule has 0 saturated carbocycles. The van der Waals surface area contributed by atoms with Crippen LogP contribution < -0.4 is 5.32 Å². The second-order valence-corrected chi connectivity index (χ2v) is 3.25. The highest BCUT2D eigenvalue weighted by atomic mass is 16.3. The summed E-state index contributed by atoms with van der Waals surface area (Å²) in [4.78, 5) is 11.2. The van der Waals surface area contributed by atoms with Gasteiger partial charge in [-0.1, -0.05) is 13.8 Å². The molecule has 0 aromatic rings. The van der Waals surface area contributed by atoms with E-state index in [2.05, 4.69) is 5.32 Å². The zero-order chi connectivity index (χ0) is 10.3. The van der Waals surface area contributed by atoms with Crippen LogP contribution in [-0.4, -0.2) is 34.9 Å². The van der Waals surface area contributed by atoms with Gasteiger partial charge in [-0.3, -0.25) is 4.79 Å².